The van der Waals surface area contributed by atoms with Gasteiger partial charge in [-0.2, -0.15) is 0 Å². The molecule has 5 heteroatoms. The van der Waals surface area contributed by atoms with Crippen molar-refractivity contribution in [2.75, 3.05) is 19.7 Å². The van der Waals surface area contributed by atoms with Crippen molar-refractivity contribution >= 4 is 11.9 Å². The van der Waals surface area contributed by atoms with E-state index in [1.54, 1.807) is 0 Å². The van der Waals surface area contributed by atoms with Crippen LogP contribution in [0.3, 0.4) is 0 Å². The molecule has 0 fully saturated rings. The third-order valence-electron chi connectivity index (χ3n) is 3.89. The maximum Gasteiger partial charge on any atom is 0.308 e. The third kappa shape index (κ3) is 8.11. The number of hydrogen-bond donors (Lipinski definition) is 0. The Kier molecular flexibility index (Phi) is 9.08. The van der Waals surface area contributed by atoms with E-state index in [9.17, 15) is 9.59 Å². The van der Waals surface area contributed by atoms with Gasteiger partial charge in [0.1, 0.15) is 5.75 Å². The SMILES string of the molecule is CCN(CCCCOC(C)=O)C(C)Cc1ccc(OC(C)=O)cc1. The van der Waals surface area contributed by atoms with Gasteiger partial charge >= 0.3 is 11.9 Å². The highest BCUT2D eigenvalue weighted by Crippen LogP contribution is 2.15. The summed E-state index contributed by atoms with van der Waals surface area (Å²) in [5, 5.41) is 0. The summed E-state index contributed by atoms with van der Waals surface area (Å²) >= 11 is 0. The summed E-state index contributed by atoms with van der Waals surface area (Å²) in [5.41, 5.74) is 1.22. The van der Waals surface area contributed by atoms with E-state index in [0.717, 1.165) is 32.4 Å². The summed E-state index contributed by atoms with van der Waals surface area (Å²) in [6, 6.07) is 8.09. The van der Waals surface area contributed by atoms with Crippen molar-refractivity contribution in [3.63, 3.8) is 0 Å². The maximum absolute atomic E-state index is 10.9. The fourth-order valence-electron chi connectivity index (χ4n) is 2.65. The Morgan fingerprint density at radius 2 is 1.75 bits per heavy atom. The first-order valence-electron chi connectivity index (χ1n) is 8.57. The molecule has 0 aliphatic rings. The van der Waals surface area contributed by atoms with Gasteiger partial charge in [-0.25, -0.2) is 0 Å². The second-order valence-electron chi connectivity index (χ2n) is 5.97. The van der Waals surface area contributed by atoms with Crippen molar-refractivity contribution in [2.45, 2.75) is 53.0 Å². The first kappa shape index (κ1) is 20.2. The molecule has 1 rings (SSSR count). The predicted octanol–water partition coefficient (Wildman–Crippen LogP) is 3.21. The molecule has 0 aliphatic heterocycles. The number of unbranched alkanes of at least 4 members (excludes halogenated alkanes) is 1. The van der Waals surface area contributed by atoms with Crippen LogP contribution >= 0.6 is 0 Å². The van der Waals surface area contributed by atoms with Gasteiger partial charge in [0.25, 0.3) is 0 Å². The number of rotatable bonds is 10. The largest absolute Gasteiger partial charge is 0.466 e. The Morgan fingerprint density at radius 3 is 2.29 bits per heavy atom. The second kappa shape index (κ2) is 10.8. The van der Waals surface area contributed by atoms with E-state index in [-0.39, 0.29) is 11.9 Å². The number of esters is 2. The highest BCUT2D eigenvalue weighted by molar-refractivity contribution is 5.69. The molecule has 5 nitrogen and oxygen atoms in total. The topological polar surface area (TPSA) is 55.8 Å². The highest BCUT2D eigenvalue weighted by Gasteiger charge is 2.12. The highest BCUT2D eigenvalue weighted by atomic mass is 16.5. The summed E-state index contributed by atoms with van der Waals surface area (Å²) in [5.74, 6) is 0.0617. The number of likely N-dealkylation sites (N-methyl/N-ethyl adjacent to an activating group) is 1. The Hall–Kier alpha value is -1.88. The average Bonchev–Trinajstić information content (AvgIpc) is 2.52. The van der Waals surface area contributed by atoms with Gasteiger partial charge in [-0.3, -0.25) is 9.59 Å². The molecule has 0 aromatic heterocycles. The summed E-state index contributed by atoms with van der Waals surface area (Å²) < 4.78 is 10.0. The van der Waals surface area contributed by atoms with Crippen LogP contribution in [-0.2, 0) is 20.7 Å². The lowest BCUT2D eigenvalue weighted by atomic mass is 10.1. The predicted molar refractivity (Wildman–Crippen MR) is 94.0 cm³/mol. The minimum Gasteiger partial charge on any atom is -0.466 e. The first-order valence-corrected chi connectivity index (χ1v) is 8.57. The second-order valence-corrected chi connectivity index (χ2v) is 5.97. The molecule has 0 heterocycles. The molecule has 0 N–H and O–H groups in total. The molecule has 0 amide bonds. The minimum absolute atomic E-state index is 0.215. The van der Waals surface area contributed by atoms with E-state index in [1.807, 2.05) is 24.3 Å². The fraction of sp³-hybridized carbons (Fsp3) is 0.579. The minimum atomic E-state index is -0.304. The van der Waals surface area contributed by atoms with E-state index in [2.05, 4.69) is 18.7 Å². The third-order valence-corrected chi connectivity index (χ3v) is 3.89. The number of carbonyl (C=O) groups excluding carboxylic acids is 2. The van der Waals surface area contributed by atoms with E-state index in [1.165, 1.54) is 19.4 Å². The zero-order valence-electron chi connectivity index (χ0n) is 15.2. The van der Waals surface area contributed by atoms with Gasteiger partial charge < -0.3 is 14.4 Å². The molecule has 0 spiro atoms. The Bertz CT molecular complexity index is 513. The number of carbonyl (C=O) groups is 2. The summed E-state index contributed by atoms with van der Waals surface area (Å²) in [6.45, 7) is 9.69. The van der Waals surface area contributed by atoms with Crippen molar-refractivity contribution in [3.05, 3.63) is 29.8 Å². The van der Waals surface area contributed by atoms with Gasteiger partial charge in [0.2, 0.25) is 0 Å². The molecule has 0 bridgehead atoms. The maximum atomic E-state index is 10.9. The van der Waals surface area contributed by atoms with Crippen molar-refractivity contribution in [2.24, 2.45) is 0 Å². The molecule has 1 aromatic rings. The van der Waals surface area contributed by atoms with Crippen molar-refractivity contribution in [1.29, 1.82) is 0 Å². The summed E-state index contributed by atoms with van der Waals surface area (Å²) in [4.78, 5) is 24.1. The van der Waals surface area contributed by atoms with Crippen LogP contribution in [0, 0.1) is 0 Å². The molecule has 1 unspecified atom stereocenters. The van der Waals surface area contributed by atoms with E-state index < -0.39 is 0 Å². The van der Waals surface area contributed by atoms with Gasteiger partial charge in [0, 0.05) is 19.9 Å². The van der Waals surface area contributed by atoms with Gasteiger partial charge in [0.15, 0.2) is 0 Å². The summed E-state index contributed by atoms with van der Waals surface area (Å²) in [6.07, 6.45) is 2.84. The fourth-order valence-corrected chi connectivity index (χ4v) is 2.65. The first-order chi connectivity index (χ1) is 11.4. The molecule has 0 radical (unpaired) electrons. The molecular weight excluding hydrogens is 306 g/mol. The molecule has 1 aromatic carbocycles. The van der Waals surface area contributed by atoms with Crippen molar-refractivity contribution in [3.8, 4) is 5.75 Å². The van der Waals surface area contributed by atoms with Crippen LogP contribution in [0.2, 0.25) is 0 Å². The monoisotopic (exact) mass is 335 g/mol. The number of hydrogen-bond acceptors (Lipinski definition) is 5. The average molecular weight is 335 g/mol. The van der Waals surface area contributed by atoms with Gasteiger partial charge in [-0.05, 0) is 57.0 Å². The molecule has 0 saturated carbocycles. The van der Waals surface area contributed by atoms with Gasteiger partial charge in [-0.1, -0.05) is 19.1 Å². The molecule has 0 saturated heterocycles. The van der Waals surface area contributed by atoms with Crippen LogP contribution in [0.5, 0.6) is 5.75 Å². The van der Waals surface area contributed by atoms with Gasteiger partial charge in [-0.15, -0.1) is 0 Å². The lowest BCUT2D eigenvalue weighted by Gasteiger charge is -2.28. The van der Waals surface area contributed by atoms with Crippen LogP contribution < -0.4 is 4.74 Å². The van der Waals surface area contributed by atoms with Crippen LogP contribution in [-0.4, -0.2) is 42.6 Å². The zero-order valence-corrected chi connectivity index (χ0v) is 15.2. The van der Waals surface area contributed by atoms with Crippen LogP contribution in [0.1, 0.15) is 46.1 Å². The van der Waals surface area contributed by atoms with E-state index >= 15 is 0 Å². The van der Waals surface area contributed by atoms with Crippen LogP contribution in [0.25, 0.3) is 0 Å². The normalized spacial score (nSPS) is 12.0. The van der Waals surface area contributed by atoms with Crippen molar-refractivity contribution < 1.29 is 19.1 Å². The van der Waals surface area contributed by atoms with Gasteiger partial charge in [0.05, 0.1) is 6.61 Å². The van der Waals surface area contributed by atoms with E-state index in [0.29, 0.717) is 18.4 Å². The van der Waals surface area contributed by atoms with Crippen molar-refractivity contribution in [1.82, 2.24) is 4.90 Å². The summed E-state index contributed by atoms with van der Waals surface area (Å²) in [7, 11) is 0. The number of nitrogens with zero attached hydrogens (tertiary/aromatic N) is 1. The Morgan fingerprint density at radius 1 is 1.08 bits per heavy atom. The number of ether oxygens (including phenoxy) is 2. The van der Waals surface area contributed by atoms with E-state index in [4.69, 9.17) is 9.47 Å². The van der Waals surface area contributed by atoms with Crippen LogP contribution in [0.15, 0.2) is 24.3 Å². The smallest absolute Gasteiger partial charge is 0.308 e. The Labute approximate surface area is 144 Å². The molecule has 1 atom stereocenters. The number of benzene rings is 1. The standard InChI is InChI=1S/C19H29NO4/c1-5-20(12-6-7-13-23-16(3)21)15(2)14-18-8-10-19(11-9-18)24-17(4)22/h8-11,15H,5-7,12-14H2,1-4H3. The Balaban J connectivity index is 2.41. The molecular formula is C19H29NO4. The molecule has 134 valence electrons. The lowest BCUT2D eigenvalue weighted by molar-refractivity contribution is -0.141. The van der Waals surface area contributed by atoms with Crippen LogP contribution in [0.4, 0.5) is 0 Å². The zero-order chi connectivity index (χ0) is 17.9. The quantitative estimate of drug-likeness (QED) is 0.373. The lowest BCUT2D eigenvalue weighted by Crippen LogP contribution is -2.35. The molecule has 24 heavy (non-hydrogen) atoms. The molecule has 0 aliphatic carbocycles.